The number of hydrogen-bond acceptors (Lipinski definition) is 6. The van der Waals surface area contributed by atoms with Crippen LogP contribution in [0.1, 0.15) is 13.3 Å². The Hall–Kier alpha value is -3.28. The van der Waals surface area contributed by atoms with Crippen LogP contribution in [0.15, 0.2) is 38.6 Å². The van der Waals surface area contributed by atoms with Crippen LogP contribution in [0.4, 0.5) is 10.1 Å². The lowest BCUT2D eigenvalue weighted by Crippen LogP contribution is -2.37. The van der Waals surface area contributed by atoms with E-state index in [-0.39, 0.29) is 29.8 Å². The highest BCUT2D eigenvalue weighted by Crippen LogP contribution is 2.19. The molecule has 1 atom stereocenters. The summed E-state index contributed by atoms with van der Waals surface area (Å²) in [7, 11) is 2.84. The summed E-state index contributed by atoms with van der Waals surface area (Å²) in [6, 6.07) is 4.14. The number of nitrogens with zero attached hydrogens (tertiary/aromatic N) is 4. The highest BCUT2D eigenvalue weighted by Gasteiger charge is 2.20. The summed E-state index contributed by atoms with van der Waals surface area (Å²) in [5.74, 6) is -2.02. The predicted molar refractivity (Wildman–Crippen MR) is 113 cm³/mol. The summed E-state index contributed by atoms with van der Waals surface area (Å²) >= 11 is 3.12. The third-order valence-electron chi connectivity index (χ3n) is 4.64. The number of hydrogen-bond donors (Lipinski definition) is 1. The van der Waals surface area contributed by atoms with E-state index >= 15 is 0 Å². The van der Waals surface area contributed by atoms with Crippen LogP contribution >= 0.6 is 15.9 Å². The van der Waals surface area contributed by atoms with Gasteiger partial charge in [0, 0.05) is 25.1 Å². The molecule has 1 amide bonds. The molecule has 1 unspecified atom stereocenters. The van der Waals surface area contributed by atoms with Crippen LogP contribution in [0, 0.1) is 5.82 Å². The lowest BCUT2D eigenvalue weighted by Gasteiger charge is -2.14. The zero-order valence-electron chi connectivity index (χ0n) is 16.9. The first kappa shape index (κ1) is 22.4. The summed E-state index contributed by atoms with van der Waals surface area (Å²) < 4.78 is 23.1. The molecule has 31 heavy (non-hydrogen) atoms. The van der Waals surface area contributed by atoms with Gasteiger partial charge in [-0.2, -0.15) is 0 Å². The molecule has 2 heterocycles. The number of fused-ring (bicyclic) bond motifs is 1. The molecule has 12 heteroatoms. The smallest absolute Gasteiger partial charge is 0.332 e. The molecular weight excluding hydrogens is 477 g/mol. The largest absolute Gasteiger partial charge is 0.452 e. The fraction of sp³-hybridized carbons (Fsp3) is 0.316. The number of rotatable bonds is 6. The molecule has 0 saturated heterocycles. The molecule has 0 aliphatic rings. The van der Waals surface area contributed by atoms with Gasteiger partial charge in [-0.05, 0) is 25.1 Å². The summed E-state index contributed by atoms with van der Waals surface area (Å²) in [5.41, 5.74) is -0.709. The van der Waals surface area contributed by atoms with Gasteiger partial charge < -0.3 is 14.6 Å². The Morgan fingerprint density at radius 1 is 1.26 bits per heavy atom. The number of carbonyl (C=O) groups excluding carboxylic acids is 2. The number of esters is 1. The molecule has 3 aromatic rings. The SMILES string of the molecule is CC(OC(=O)CCn1cnc2c1c(=O)n(C)c(=O)n2C)C(=O)Nc1ccc(Br)cc1F. The van der Waals surface area contributed by atoms with Crippen LogP contribution in [0.25, 0.3) is 11.2 Å². The van der Waals surface area contributed by atoms with Gasteiger partial charge in [-0.1, -0.05) is 15.9 Å². The Labute approximate surface area is 183 Å². The monoisotopic (exact) mass is 495 g/mol. The molecule has 0 aliphatic carbocycles. The lowest BCUT2D eigenvalue weighted by atomic mass is 10.3. The molecule has 164 valence electrons. The van der Waals surface area contributed by atoms with Crippen molar-refractivity contribution in [3.05, 3.63) is 55.7 Å². The number of imidazole rings is 1. The summed E-state index contributed by atoms with van der Waals surface area (Å²) in [6.45, 7) is 1.42. The summed E-state index contributed by atoms with van der Waals surface area (Å²) in [5, 5.41) is 2.36. The maximum atomic E-state index is 13.8. The van der Waals surface area contributed by atoms with E-state index < -0.39 is 35.0 Å². The van der Waals surface area contributed by atoms with Gasteiger partial charge in [0.25, 0.3) is 11.5 Å². The van der Waals surface area contributed by atoms with Gasteiger partial charge in [-0.15, -0.1) is 0 Å². The van der Waals surface area contributed by atoms with E-state index in [4.69, 9.17) is 4.74 Å². The zero-order chi connectivity index (χ0) is 22.9. The van der Waals surface area contributed by atoms with Crippen molar-refractivity contribution in [3.63, 3.8) is 0 Å². The molecule has 0 radical (unpaired) electrons. The first-order chi connectivity index (χ1) is 14.6. The van der Waals surface area contributed by atoms with E-state index in [9.17, 15) is 23.6 Å². The van der Waals surface area contributed by atoms with Crippen molar-refractivity contribution in [2.24, 2.45) is 14.1 Å². The van der Waals surface area contributed by atoms with E-state index in [2.05, 4.69) is 26.2 Å². The van der Waals surface area contributed by atoms with Crippen LogP contribution in [0.5, 0.6) is 0 Å². The average Bonchev–Trinajstić information content (AvgIpc) is 3.15. The van der Waals surface area contributed by atoms with E-state index in [0.717, 1.165) is 4.57 Å². The Morgan fingerprint density at radius 2 is 1.97 bits per heavy atom. The van der Waals surface area contributed by atoms with Crippen LogP contribution in [-0.4, -0.2) is 36.7 Å². The number of amides is 1. The fourth-order valence-electron chi connectivity index (χ4n) is 2.91. The number of halogens is 2. The molecule has 0 fully saturated rings. The maximum absolute atomic E-state index is 13.8. The topological polar surface area (TPSA) is 117 Å². The van der Waals surface area contributed by atoms with Crippen LogP contribution in [-0.2, 0) is 35.0 Å². The van der Waals surface area contributed by atoms with E-state index in [1.807, 2.05) is 0 Å². The number of nitrogens with one attached hydrogen (secondary N) is 1. The Kier molecular flexibility index (Phi) is 6.39. The molecule has 1 aromatic carbocycles. The maximum Gasteiger partial charge on any atom is 0.332 e. The van der Waals surface area contributed by atoms with Gasteiger partial charge >= 0.3 is 11.7 Å². The normalized spacial score (nSPS) is 12.0. The number of anilines is 1. The molecule has 0 aliphatic heterocycles. The molecule has 10 nitrogen and oxygen atoms in total. The Morgan fingerprint density at radius 3 is 2.65 bits per heavy atom. The second kappa shape index (κ2) is 8.84. The predicted octanol–water partition coefficient (Wildman–Crippen LogP) is 1.30. The van der Waals surface area contributed by atoms with Crippen molar-refractivity contribution in [1.29, 1.82) is 0 Å². The van der Waals surface area contributed by atoms with Crippen molar-refractivity contribution in [3.8, 4) is 0 Å². The number of benzene rings is 1. The van der Waals surface area contributed by atoms with Gasteiger partial charge in [0.2, 0.25) is 0 Å². The second-order valence-electron chi connectivity index (χ2n) is 6.81. The third kappa shape index (κ3) is 4.58. The third-order valence-corrected chi connectivity index (χ3v) is 5.13. The molecular formula is C19H19BrFN5O5. The number of aromatic nitrogens is 4. The zero-order valence-corrected chi connectivity index (χ0v) is 18.5. The van der Waals surface area contributed by atoms with E-state index in [1.165, 1.54) is 48.6 Å². The van der Waals surface area contributed by atoms with Crippen LogP contribution < -0.4 is 16.6 Å². The molecule has 2 aromatic heterocycles. The fourth-order valence-corrected chi connectivity index (χ4v) is 3.25. The quantitative estimate of drug-likeness (QED) is 0.515. The summed E-state index contributed by atoms with van der Waals surface area (Å²) in [6.07, 6.45) is 0.0382. The minimum absolute atomic E-state index is 0.0394. The molecule has 0 bridgehead atoms. The van der Waals surface area contributed by atoms with Gasteiger partial charge in [0.15, 0.2) is 17.3 Å². The van der Waals surface area contributed by atoms with E-state index in [1.54, 1.807) is 6.07 Å². The Balaban J connectivity index is 1.64. The summed E-state index contributed by atoms with van der Waals surface area (Å²) in [4.78, 5) is 52.8. The second-order valence-corrected chi connectivity index (χ2v) is 7.73. The van der Waals surface area contributed by atoms with Gasteiger partial charge in [0.05, 0.1) is 18.4 Å². The Bertz CT molecular complexity index is 1300. The van der Waals surface area contributed by atoms with E-state index in [0.29, 0.717) is 4.47 Å². The number of ether oxygens (including phenoxy) is 1. The van der Waals surface area contributed by atoms with Crippen molar-refractivity contribution in [2.45, 2.75) is 26.0 Å². The average molecular weight is 496 g/mol. The lowest BCUT2D eigenvalue weighted by molar-refractivity contribution is -0.153. The molecule has 3 rings (SSSR count). The van der Waals surface area contributed by atoms with Crippen molar-refractivity contribution < 1.29 is 18.7 Å². The van der Waals surface area contributed by atoms with Crippen molar-refractivity contribution in [1.82, 2.24) is 18.7 Å². The minimum Gasteiger partial charge on any atom is -0.452 e. The highest BCUT2D eigenvalue weighted by molar-refractivity contribution is 9.10. The number of carbonyl (C=O) groups is 2. The number of aryl methyl sites for hydroxylation is 2. The van der Waals surface area contributed by atoms with Crippen molar-refractivity contribution >= 4 is 44.7 Å². The standard InChI is InChI=1S/C19H19BrFN5O5/c1-10(17(28)23-13-5-4-11(20)8-12(13)21)31-14(27)6-7-26-9-22-16-15(26)18(29)25(3)19(30)24(16)2/h4-5,8-10H,6-7H2,1-3H3,(H,23,28). The first-order valence-electron chi connectivity index (χ1n) is 9.16. The molecule has 1 N–H and O–H groups in total. The van der Waals surface area contributed by atoms with Gasteiger partial charge in [0.1, 0.15) is 5.82 Å². The minimum atomic E-state index is -1.16. The van der Waals surface area contributed by atoms with Crippen molar-refractivity contribution in [2.75, 3.05) is 5.32 Å². The molecule has 0 saturated carbocycles. The van der Waals surface area contributed by atoms with Crippen LogP contribution in [0.3, 0.4) is 0 Å². The van der Waals surface area contributed by atoms with Gasteiger partial charge in [-0.25, -0.2) is 14.2 Å². The highest BCUT2D eigenvalue weighted by atomic mass is 79.9. The van der Waals surface area contributed by atoms with Gasteiger partial charge in [-0.3, -0.25) is 23.5 Å². The molecule has 0 spiro atoms. The first-order valence-corrected chi connectivity index (χ1v) is 9.95. The van der Waals surface area contributed by atoms with Crippen LogP contribution in [0.2, 0.25) is 0 Å².